The van der Waals surface area contributed by atoms with Crippen molar-refractivity contribution in [2.45, 2.75) is 18.7 Å². The van der Waals surface area contributed by atoms with Gasteiger partial charge in [0.15, 0.2) is 17.5 Å². The Labute approximate surface area is 124 Å². The number of esters is 1. The molecule has 0 saturated carbocycles. The molecule has 1 aromatic rings. The highest BCUT2D eigenvalue weighted by Crippen LogP contribution is 2.40. The maximum atomic E-state index is 13.2. The van der Waals surface area contributed by atoms with Crippen molar-refractivity contribution in [3.05, 3.63) is 40.7 Å². The SMILES string of the molecule is CCOC(=O)C(=[N+]=[N-])C(O)(c1cc(F)c(F)c(F)c1)C(F)(F)F. The number of hydrogen-bond acceptors (Lipinski definition) is 3. The molecule has 1 unspecified atom stereocenters. The number of alkyl halides is 3. The Hall–Kier alpha value is -2.39. The molecule has 0 heterocycles. The Bertz CT molecular complexity index is 661. The third kappa shape index (κ3) is 3.20. The van der Waals surface area contributed by atoms with E-state index in [9.17, 15) is 36.2 Å². The number of benzene rings is 1. The molecule has 23 heavy (non-hydrogen) atoms. The highest BCUT2D eigenvalue weighted by molar-refractivity contribution is 6.37. The van der Waals surface area contributed by atoms with Crippen LogP contribution < -0.4 is 0 Å². The van der Waals surface area contributed by atoms with Gasteiger partial charge < -0.3 is 15.4 Å². The van der Waals surface area contributed by atoms with E-state index in [-0.39, 0.29) is 12.1 Å². The molecular weight excluding hydrogens is 334 g/mol. The van der Waals surface area contributed by atoms with Crippen LogP contribution in [0.5, 0.6) is 0 Å². The van der Waals surface area contributed by atoms with Crippen LogP contribution in [-0.4, -0.2) is 34.4 Å². The van der Waals surface area contributed by atoms with Gasteiger partial charge in [-0.25, -0.2) is 18.0 Å². The van der Waals surface area contributed by atoms with Gasteiger partial charge >= 0.3 is 17.9 Å². The van der Waals surface area contributed by atoms with E-state index in [0.717, 1.165) is 0 Å². The van der Waals surface area contributed by atoms with Crippen molar-refractivity contribution in [2.75, 3.05) is 6.61 Å². The standard InChI is InChI=1S/C12H8F6N2O3/c1-2-23-10(21)9(20-19)11(22,12(16,17)18)5-3-6(13)8(15)7(14)4-5/h3-4,22H,2H2,1H3. The van der Waals surface area contributed by atoms with Crippen molar-refractivity contribution in [1.82, 2.24) is 0 Å². The van der Waals surface area contributed by atoms with Gasteiger partial charge in [0.1, 0.15) is 0 Å². The summed E-state index contributed by atoms with van der Waals surface area (Å²) in [6.45, 7) is 0.759. The monoisotopic (exact) mass is 342 g/mol. The van der Waals surface area contributed by atoms with Crippen molar-refractivity contribution in [1.29, 1.82) is 0 Å². The fourth-order valence-corrected chi connectivity index (χ4v) is 1.66. The second-order valence-corrected chi connectivity index (χ2v) is 4.13. The van der Waals surface area contributed by atoms with Gasteiger partial charge in [-0.3, -0.25) is 0 Å². The Morgan fingerprint density at radius 3 is 2.09 bits per heavy atom. The first kappa shape index (κ1) is 18.7. The van der Waals surface area contributed by atoms with Crippen LogP contribution in [-0.2, 0) is 15.1 Å². The van der Waals surface area contributed by atoms with Crippen LogP contribution in [0.15, 0.2) is 12.1 Å². The Morgan fingerprint density at radius 2 is 1.74 bits per heavy atom. The minimum absolute atomic E-state index is 0.184. The maximum Gasteiger partial charge on any atom is 0.433 e. The number of aliphatic hydroxyl groups is 1. The smallest absolute Gasteiger partial charge is 0.433 e. The number of carbonyl (C=O) groups is 1. The van der Waals surface area contributed by atoms with Crippen molar-refractivity contribution < 1.29 is 45.8 Å². The number of ether oxygens (including phenoxy) is 1. The quantitative estimate of drug-likeness (QED) is 0.227. The summed E-state index contributed by atoms with van der Waals surface area (Å²) in [6.07, 6.45) is -5.75. The molecule has 0 fully saturated rings. The normalized spacial score (nSPS) is 13.9. The van der Waals surface area contributed by atoms with Crippen molar-refractivity contribution in [3.63, 3.8) is 0 Å². The minimum Gasteiger partial charge on any atom is -0.457 e. The minimum atomic E-state index is -5.75. The molecule has 0 aromatic heterocycles. The maximum absolute atomic E-state index is 13.2. The topological polar surface area (TPSA) is 82.9 Å². The van der Waals surface area contributed by atoms with E-state index >= 15 is 0 Å². The van der Waals surface area contributed by atoms with E-state index < -0.39 is 53.1 Å². The van der Waals surface area contributed by atoms with Gasteiger partial charge in [-0.1, -0.05) is 0 Å². The zero-order chi connectivity index (χ0) is 18.0. The fourth-order valence-electron chi connectivity index (χ4n) is 1.66. The molecule has 0 spiro atoms. The molecule has 126 valence electrons. The average molecular weight is 342 g/mol. The summed E-state index contributed by atoms with van der Waals surface area (Å²) >= 11 is 0. The van der Waals surface area contributed by atoms with Crippen LogP contribution in [0.2, 0.25) is 0 Å². The molecule has 0 saturated heterocycles. The highest BCUT2D eigenvalue weighted by atomic mass is 19.4. The number of rotatable bonds is 4. The van der Waals surface area contributed by atoms with Crippen molar-refractivity contribution in [3.8, 4) is 0 Å². The second kappa shape index (κ2) is 6.39. The summed E-state index contributed by atoms with van der Waals surface area (Å²) in [6, 6.07) is -0.368. The summed E-state index contributed by atoms with van der Waals surface area (Å²) in [4.78, 5) is 13.5. The first-order chi connectivity index (χ1) is 10.5. The molecule has 0 radical (unpaired) electrons. The van der Waals surface area contributed by atoms with Gasteiger partial charge in [-0.15, -0.1) is 0 Å². The summed E-state index contributed by atoms with van der Waals surface area (Å²) in [7, 11) is 0. The number of nitrogens with zero attached hydrogens (tertiary/aromatic N) is 2. The summed E-state index contributed by atoms with van der Waals surface area (Å²) in [5.74, 6) is -8.08. The molecular formula is C12H8F6N2O3. The molecule has 0 amide bonds. The van der Waals surface area contributed by atoms with Gasteiger partial charge in [-0.05, 0) is 19.1 Å². The van der Waals surface area contributed by atoms with Gasteiger partial charge in [0.2, 0.25) is 0 Å². The molecule has 5 nitrogen and oxygen atoms in total. The van der Waals surface area contributed by atoms with E-state index in [4.69, 9.17) is 5.53 Å². The van der Waals surface area contributed by atoms with E-state index in [2.05, 4.69) is 4.74 Å². The van der Waals surface area contributed by atoms with Gasteiger partial charge in [-0.2, -0.15) is 18.0 Å². The first-order valence-corrected chi connectivity index (χ1v) is 5.84. The lowest BCUT2D eigenvalue weighted by Gasteiger charge is -2.26. The molecule has 1 aromatic carbocycles. The molecule has 0 aliphatic rings. The van der Waals surface area contributed by atoms with E-state index in [1.165, 1.54) is 6.92 Å². The largest absolute Gasteiger partial charge is 0.457 e. The molecule has 1 rings (SSSR count). The lowest BCUT2D eigenvalue weighted by atomic mass is 9.87. The lowest BCUT2D eigenvalue weighted by Crippen LogP contribution is -2.53. The van der Waals surface area contributed by atoms with Gasteiger partial charge in [0.05, 0.1) is 6.61 Å². The van der Waals surface area contributed by atoms with Crippen LogP contribution in [0.1, 0.15) is 12.5 Å². The van der Waals surface area contributed by atoms with Crippen LogP contribution in [0.4, 0.5) is 26.3 Å². The molecule has 11 heteroatoms. The van der Waals surface area contributed by atoms with Crippen LogP contribution in [0, 0.1) is 17.5 Å². The van der Waals surface area contributed by atoms with Crippen molar-refractivity contribution in [2.24, 2.45) is 0 Å². The summed E-state index contributed by atoms with van der Waals surface area (Å²) in [5.41, 5.74) is 0.617. The number of hydrogen-bond donors (Lipinski definition) is 1. The first-order valence-electron chi connectivity index (χ1n) is 5.84. The predicted molar refractivity (Wildman–Crippen MR) is 61.5 cm³/mol. The summed E-state index contributed by atoms with van der Waals surface area (Å²) in [5, 5.41) is 9.84. The Morgan fingerprint density at radius 1 is 1.26 bits per heavy atom. The average Bonchev–Trinajstić information content (AvgIpc) is 2.43. The highest BCUT2D eigenvalue weighted by Gasteiger charge is 2.67. The second-order valence-electron chi connectivity index (χ2n) is 4.13. The summed E-state index contributed by atoms with van der Waals surface area (Å²) < 4.78 is 83.0. The predicted octanol–water partition coefficient (Wildman–Crippen LogP) is 2.09. The lowest BCUT2D eigenvalue weighted by molar-refractivity contribution is -0.247. The van der Waals surface area contributed by atoms with Gasteiger partial charge in [0, 0.05) is 5.56 Å². The van der Waals surface area contributed by atoms with Crippen LogP contribution in [0.25, 0.3) is 5.53 Å². The molecule has 1 N–H and O–H groups in total. The van der Waals surface area contributed by atoms with Crippen molar-refractivity contribution >= 4 is 11.7 Å². The zero-order valence-corrected chi connectivity index (χ0v) is 11.3. The number of carbonyl (C=O) groups excluding carboxylic acids is 1. The van der Waals surface area contributed by atoms with Gasteiger partial charge in [0.25, 0.3) is 5.60 Å². The molecule has 0 aliphatic carbocycles. The van der Waals surface area contributed by atoms with E-state index in [1.54, 1.807) is 0 Å². The van der Waals surface area contributed by atoms with Crippen LogP contribution in [0.3, 0.4) is 0 Å². The van der Waals surface area contributed by atoms with E-state index in [0.29, 0.717) is 0 Å². The van der Waals surface area contributed by atoms with Crippen LogP contribution >= 0.6 is 0 Å². The molecule has 0 aliphatic heterocycles. The number of halogens is 6. The van der Waals surface area contributed by atoms with E-state index in [1.807, 2.05) is 4.79 Å². The molecule has 1 atom stereocenters. The molecule has 0 bridgehead atoms. The Balaban J connectivity index is 3.70. The third-order valence-electron chi connectivity index (χ3n) is 2.72. The zero-order valence-electron chi connectivity index (χ0n) is 11.3. The third-order valence-corrected chi connectivity index (χ3v) is 2.72. The Kier molecular flexibility index (Phi) is 5.18. The fraction of sp³-hybridized carbons (Fsp3) is 0.333.